The maximum Gasteiger partial charge on any atom is 1.00 e. The first-order chi connectivity index (χ1) is 1.73. The summed E-state index contributed by atoms with van der Waals surface area (Å²) < 4.78 is 0. The average Bonchev–Trinajstić information content (AvgIpc) is 0.811. The van der Waals surface area contributed by atoms with Gasteiger partial charge in [-0.05, 0) is 6.16 Å². The molecule has 0 bridgehead atoms. The van der Waals surface area contributed by atoms with Crippen LogP contribution in [0.1, 0.15) is 0 Å². The Hall–Kier alpha value is 3.28. The predicted octanol–water partition coefficient (Wildman–Crippen LogP) is -11.6. The van der Waals surface area contributed by atoms with Gasteiger partial charge in [0, 0.05) is 0 Å². The summed E-state index contributed by atoms with van der Waals surface area (Å²) in [6.45, 7) is 0. The molecule has 0 rings (SSSR count). The molecule has 8 heavy (non-hydrogen) atoms. The molecule has 7 heteroatoms. The third kappa shape index (κ3) is 59.1. The van der Waals surface area contributed by atoms with Crippen LogP contribution in [0.15, 0.2) is 0 Å². The summed E-state index contributed by atoms with van der Waals surface area (Å²) in [5.74, 6) is 0. The Bertz CT molecular complexity index is 37.0. The molecule has 0 aromatic heterocycles. The Kier molecular flexibility index (Phi) is 84.8. The molecule has 0 fully saturated rings. The van der Waals surface area contributed by atoms with Crippen molar-refractivity contribution in [2.24, 2.45) is 0 Å². The first-order valence-electron chi connectivity index (χ1n) is 0.612. The van der Waals surface area contributed by atoms with Crippen molar-refractivity contribution in [2.45, 2.75) is 0 Å². The fraction of sp³-hybridized carbons (Fsp3) is 0. The first-order valence-corrected chi connectivity index (χ1v) is 0.612. The molecule has 32 valence electrons. The minimum atomic E-state index is -2.33. The maximum atomic E-state index is 8.33. The Morgan fingerprint density at radius 3 is 1.12 bits per heavy atom. The van der Waals surface area contributed by atoms with Gasteiger partial charge in [-0.3, -0.25) is 0 Å². The molecule has 0 aliphatic rings. The Morgan fingerprint density at radius 1 is 1.12 bits per heavy atom. The number of hydrogen-bond acceptors (Lipinski definition) is 4. The van der Waals surface area contributed by atoms with E-state index in [4.69, 9.17) is 15.0 Å². The Morgan fingerprint density at radius 2 is 1.12 bits per heavy atom. The zero-order chi connectivity index (χ0) is 3.58. The van der Waals surface area contributed by atoms with Crippen LogP contribution in [0.4, 0.5) is 4.79 Å². The summed E-state index contributed by atoms with van der Waals surface area (Å²) in [5, 5.41) is 16.7. The van der Waals surface area contributed by atoms with Gasteiger partial charge in [0.15, 0.2) is 0 Å². The van der Waals surface area contributed by atoms with Crippen LogP contribution >= 0.6 is 0 Å². The number of rotatable bonds is 0. The van der Waals surface area contributed by atoms with Crippen molar-refractivity contribution in [2.75, 3.05) is 0 Å². The summed E-state index contributed by atoms with van der Waals surface area (Å²) in [7, 11) is 0. The van der Waals surface area contributed by atoms with E-state index >= 15 is 0 Å². The van der Waals surface area contributed by atoms with Gasteiger partial charge in [-0.15, -0.1) is 0 Å². The van der Waals surface area contributed by atoms with Crippen molar-refractivity contribution in [3.8, 4) is 0 Å². The quantitative estimate of drug-likeness (QED) is 0.402. The van der Waals surface area contributed by atoms with Crippen molar-refractivity contribution in [1.82, 2.24) is 0 Å². The van der Waals surface area contributed by atoms with E-state index in [-0.39, 0.29) is 133 Å². The molecule has 0 aliphatic heterocycles. The third-order valence-corrected chi connectivity index (χ3v) is 0. The van der Waals surface area contributed by atoms with Gasteiger partial charge >= 0.3 is 128 Å². The monoisotopic (exact) mass is 256 g/mol. The standard InChI is InChI=1S/CH2O3.Cs.2Na.H2O/c2-1(3)4;;;;/h(H2,2,3,4);;;;1H2/q;3*+1;/p-3. The molecule has 0 aromatic carbocycles. The predicted molar refractivity (Wildman–Crippen MR) is 7.33 cm³/mol. The molecule has 0 spiro atoms. The van der Waals surface area contributed by atoms with Crippen molar-refractivity contribution in [3.05, 3.63) is 0 Å². The fourth-order valence-electron chi connectivity index (χ4n) is 0. The summed E-state index contributed by atoms with van der Waals surface area (Å²) in [5.41, 5.74) is 0. The van der Waals surface area contributed by atoms with E-state index in [0.29, 0.717) is 0 Å². The summed E-state index contributed by atoms with van der Waals surface area (Å²) in [6, 6.07) is 0. The van der Waals surface area contributed by atoms with E-state index in [1.54, 1.807) is 0 Å². The fourth-order valence-corrected chi connectivity index (χ4v) is 0. The molecule has 0 heterocycles. The second-order valence-electron chi connectivity index (χ2n) is 0.250. The second kappa shape index (κ2) is 22.4. The largest absolute Gasteiger partial charge is 1.00 e. The number of carbonyl (C=O) groups excluding carboxylic acids is 1. The molecule has 4 nitrogen and oxygen atoms in total. The van der Waals surface area contributed by atoms with Gasteiger partial charge in [0.1, 0.15) is 0 Å². The summed E-state index contributed by atoms with van der Waals surface area (Å²) in [6.07, 6.45) is -2.33. The molecule has 0 atom stereocenters. The van der Waals surface area contributed by atoms with Crippen molar-refractivity contribution < 1.29 is 148 Å². The summed E-state index contributed by atoms with van der Waals surface area (Å²) in [4.78, 5) is 8.33. The number of hydrogen-bond donors (Lipinski definition) is 0. The van der Waals surface area contributed by atoms with Crippen LogP contribution in [-0.4, -0.2) is 11.6 Å². The smallest absolute Gasteiger partial charge is 0.870 e. The summed E-state index contributed by atoms with van der Waals surface area (Å²) >= 11 is 0. The topological polar surface area (TPSA) is 93.2 Å². The Balaban J connectivity index is -0.00000000750. The molecular formula is CHCsNa2O4. The van der Waals surface area contributed by atoms with E-state index in [1.165, 1.54) is 0 Å². The Labute approximate surface area is 150 Å². The molecule has 0 aliphatic carbocycles. The first kappa shape index (κ1) is 30.2. The van der Waals surface area contributed by atoms with E-state index in [9.17, 15) is 0 Å². The van der Waals surface area contributed by atoms with Crippen LogP contribution in [0, 0.1) is 0 Å². The van der Waals surface area contributed by atoms with Crippen LogP contribution in [0.3, 0.4) is 0 Å². The van der Waals surface area contributed by atoms with Crippen LogP contribution in [0.25, 0.3) is 0 Å². The van der Waals surface area contributed by atoms with E-state index in [1.807, 2.05) is 0 Å². The second-order valence-corrected chi connectivity index (χ2v) is 0.250. The molecule has 0 radical (unpaired) electrons. The normalized spacial score (nSPS) is 3.00. The van der Waals surface area contributed by atoms with Gasteiger partial charge in [0.05, 0.1) is 0 Å². The SMILES string of the molecule is O=C([O-])[O-].[Cs+].[Na+].[Na+].[OH-]. The molecule has 0 saturated carbocycles. The van der Waals surface area contributed by atoms with Gasteiger partial charge in [-0.1, -0.05) is 0 Å². The van der Waals surface area contributed by atoms with E-state index < -0.39 is 6.16 Å². The van der Waals surface area contributed by atoms with Gasteiger partial charge < -0.3 is 20.5 Å². The molecule has 0 aromatic rings. The van der Waals surface area contributed by atoms with Gasteiger partial charge in [0.25, 0.3) is 0 Å². The average molecular weight is 256 g/mol. The van der Waals surface area contributed by atoms with Gasteiger partial charge in [0.2, 0.25) is 0 Å². The van der Waals surface area contributed by atoms with Crippen molar-refractivity contribution >= 4 is 6.16 Å². The van der Waals surface area contributed by atoms with Crippen LogP contribution < -0.4 is 138 Å². The zero-order valence-electron chi connectivity index (χ0n) is 5.17. The minimum absolute atomic E-state index is 0. The minimum Gasteiger partial charge on any atom is -0.870 e. The maximum absolute atomic E-state index is 8.33. The third-order valence-electron chi connectivity index (χ3n) is 0. The van der Waals surface area contributed by atoms with Gasteiger partial charge in [-0.25, -0.2) is 0 Å². The van der Waals surface area contributed by atoms with Crippen molar-refractivity contribution in [3.63, 3.8) is 0 Å². The molecular weight excluding hydrogens is 255 g/mol. The molecule has 0 saturated heterocycles. The zero-order valence-corrected chi connectivity index (χ0v) is 15.5. The van der Waals surface area contributed by atoms with Crippen LogP contribution in [0.2, 0.25) is 0 Å². The van der Waals surface area contributed by atoms with Crippen LogP contribution in [-0.2, 0) is 0 Å². The molecule has 0 unspecified atom stereocenters. The van der Waals surface area contributed by atoms with Gasteiger partial charge in [-0.2, -0.15) is 0 Å². The number of carboxylic acid groups (broad SMARTS) is 2. The molecule has 0 amide bonds. The van der Waals surface area contributed by atoms with Crippen molar-refractivity contribution in [1.29, 1.82) is 0 Å². The van der Waals surface area contributed by atoms with E-state index in [0.717, 1.165) is 0 Å². The van der Waals surface area contributed by atoms with E-state index in [2.05, 4.69) is 0 Å². The number of carbonyl (C=O) groups is 1. The molecule has 1 N–H and O–H groups in total. The van der Waals surface area contributed by atoms with Crippen LogP contribution in [0.5, 0.6) is 0 Å².